The Balaban J connectivity index is 2.10. The molecule has 0 spiro atoms. The molecule has 4 heteroatoms. The lowest BCUT2D eigenvalue weighted by molar-refractivity contribution is 0.290. The number of halogens is 1. The zero-order chi connectivity index (χ0) is 11.5. The fourth-order valence-corrected chi connectivity index (χ4v) is 2.15. The molecule has 0 saturated carbocycles. The van der Waals surface area contributed by atoms with Crippen LogP contribution in [-0.2, 0) is 0 Å². The zero-order valence-electron chi connectivity index (χ0n) is 9.36. The van der Waals surface area contributed by atoms with Crippen LogP contribution in [0.3, 0.4) is 0 Å². The molecule has 0 bridgehead atoms. The first-order chi connectivity index (χ1) is 7.70. The van der Waals surface area contributed by atoms with E-state index in [1.54, 1.807) is 0 Å². The van der Waals surface area contributed by atoms with Crippen LogP contribution in [0.1, 0.15) is 24.4 Å². The molecule has 1 unspecified atom stereocenters. The van der Waals surface area contributed by atoms with Crippen LogP contribution < -0.4 is 5.73 Å². The van der Waals surface area contributed by atoms with Gasteiger partial charge in [0.05, 0.1) is 6.04 Å². The van der Waals surface area contributed by atoms with Crippen molar-refractivity contribution in [2.75, 3.05) is 13.6 Å². The van der Waals surface area contributed by atoms with Gasteiger partial charge in [0.2, 0.25) is 0 Å². The van der Waals surface area contributed by atoms with Crippen LogP contribution in [0.4, 0.5) is 0 Å². The number of hydrogen-bond acceptors (Lipinski definition) is 3. The molecule has 16 heavy (non-hydrogen) atoms. The summed E-state index contributed by atoms with van der Waals surface area (Å²) in [6.07, 6.45) is 1.85. The van der Waals surface area contributed by atoms with Gasteiger partial charge in [-0.3, -0.25) is 5.01 Å². The maximum Gasteiger partial charge on any atom is 0.0769 e. The predicted molar refractivity (Wildman–Crippen MR) is 67.7 cm³/mol. The second-order valence-electron chi connectivity index (χ2n) is 4.05. The van der Waals surface area contributed by atoms with E-state index in [-0.39, 0.29) is 0 Å². The highest BCUT2D eigenvalue weighted by Crippen LogP contribution is 2.30. The van der Waals surface area contributed by atoms with E-state index in [9.17, 15) is 0 Å². The van der Waals surface area contributed by atoms with E-state index in [1.165, 1.54) is 11.3 Å². The Morgan fingerprint density at radius 1 is 1.44 bits per heavy atom. The van der Waals surface area contributed by atoms with E-state index in [0.717, 1.165) is 17.9 Å². The lowest BCUT2D eigenvalue weighted by Crippen LogP contribution is -2.13. The molecule has 0 amide bonds. The Hall–Kier alpha value is -1.06. The maximum absolute atomic E-state index is 5.87. The van der Waals surface area contributed by atoms with Gasteiger partial charge in [0, 0.05) is 24.2 Å². The van der Waals surface area contributed by atoms with E-state index in [4.69, 9.17) is 17.3 Å². The third-order valence-electron chi connectivity index (χ3n) is 2.87. The first kappa shape index (κ1) is 11.4. The Kier molecular flexibility index (Phi) is 3.46. The Labute approximate surface area is 101 Å². The molecule has 3 nitrogen and oxygen atoms in total. The van der Waals surface area contributed by atoms with Gasteiger partial charge in [-0.2, -0.15) is 5.10 Å². The normalized spacial score (nSPS) is 20.1. The Morgan fingerprint density at radius 3 is 2.75 bits per heavy atom. The van der Waals surface area contributed by atoms with Crippen molar-refractivity contribution in [1.82, 2.24) is 5.01 Å². The minimum Gasteiger partial charge on any atom is -0.330 e. The van der Waals surface area contributed by atoms with Crippen molar-refractivity contribution in [2.45, 2.75) is 18.9 Å². The highest BCUT2D eigenvalue weighted by atomic mass is 35.5. The van der Waals surface area contributed by atoms with Crippen LogP contribution in [0.25, 0.3) is 0 Å². The van der Waals surface area contributed by atoms with Gasteiger partial charge in [-0.1, -0.05) is 23.7 Å². The number of benzene rings is 1. The van der Waals surface area contributed by atoms with Gasteiger partial charge in [-0.25, -0.2) is 0 Å². The fourth-order valence-electron chi connectivity index (χ4n) is 2.03. The van der Waals surface area contributed by atoms with E-state index >= 15 is 0 Å². The number of nitrogens with zero attached hydrogens (tertiary/aromatic N) is 2. The van der Waals surface area contributed by atoms with Gasteiger partial charge in [-0.05, 0) is 30.7 Å². The summed E-state index contributed by atoms with van der Waals surface area (Å²) >= 11 is 5.87. The molecular formula is C12H16ClN3. The standard InChI is InChI=1S/C12H16ClN3/c1-16-12(8-11(15-16)6-7-14)9-2-4-10(13)5-3-9/h2-5,12H,6-8,14H2,1H3. The minimum absolute atomic E-state index is 0.332. The second kappa shape index (κ2) is 4.85. The van der Waals surface area contributed by atoms with E-state index in [0.29, 0.717) is 12.6 Å². The highest BCUT2D eigenvalue weighted by Gasteiger charge is 2.24. The van der Waals surface area contributed by atoms with Crippen molar-refractivity contribution in [2.24, 2.45) is 10.8 Å². The average molecular weight is 238 g/mol. The summed E-state index contributed by atoms with van der Waals surface area (Å²) in [6.45, 7) is 0.667. The number of nitrogens with two attached hydrogens (primary N) is 1. The summed E-state index contributed by atoms with van der Waals surface area (Å²) in [5.41, 5.74) is 7.98. The van der Waals surface area contributed by atoms with Crippen molar-refractivity contribution >= 4 is 17.3 Å². The number of rotatable bonds is 3. The van der Waals surface area contributed by atoms with Crippen LogP contribution in [0, 0.1) is 0 Å². The van der Waals surface area contributed by atoms with Gasteiger partial charge >= 0.3 is 0 Å². The van der Waals surface area contributed by atoms with Crippen molar-refractivity contribution in [3.05, 3.63) is 34.9 Å². The first-order valence-corrected chi connectivity index (χ1v) is 5.83. The molecule has 1 aliphatic heterocycles. The predicted octanol–water partition coefficient (Wildman–Crippen LogP) is 2.42. The summed E-state index contributed by atoms with van der Waals surface area (Å²) < 4.78 is 0. The zero-order valence-corrected chi connectivity index (χ0v) is 10.1. The van der Waals surface area contributed by atoms with E-state index < -0.39 is 0 Å². The number of hydrogen-bond donors (Lipinski definition) is 1. The first-order valence-electron chi connectivity index (χ1n) is 5.45. The molecule has 1 aromatic carbocycles. The molecule has 0 aromatic heterocycles. The third-order valence-corrected chi connectivity index (χ3v) is 3.12. The molecule has 2 rings (SSSR count). The smallest absolute Gasteiger partial charge is 0.0769 e. The van der Waals surface area contributed by atoms with Crippen molar-refractivity contribution in [3.8, 4) is 0 Å². The summed E-state index contributed by atoms with van der Waals surface area (Å²) in [5.74, 6) is 0. The van der Waals surface area contributed by atoms with Crippen LogP contribution in [0.2, 0.25) is 5.02 Å². The van der Waals surface area contributed by atoms with Crippen molar-refractivity contribution in [3.63, 3.8) is 0 Å². The molecule has 86 valence electrons. The lowest BCUT2D eigenvalue weighted by Gasteiger charge is -2.19. The van der Waals surface area contributed by atoms with Crippen molar-refractivity contribution in [1.29, 1.82) is 0 Å². The van der Waals surface area contributed by atoms with Crippen molar-refractivity contribution < 1.29 is 0 Å². The van der Waals surface area contributed by atoms with Crippen LogP contribution in [-0.4, -0.2) is 24.3 Å². The van der Waals surface area contributed by atoms with Gasteiger partial charge in [-0.15, -0.1) is 0 Å². The quantitative estimate of drug-likeness (QED) is 0.877. The Bertz CT molecular complexity index is 386. The van der Waals surface area contributed by atoms with Gasteiger partial charge in [0.25, 0.3) is 0 Å². The Morgan fingerprint density at radius 2 is 2.12 bits per heavy atom. The molecule has 1 heterocycles. The molecule has 0 radical (unpaired) electrons. The van der Waals surface area contributed by atoms with Crippen LogP contribution >= 0.6 is 11.6 Å². The maximum atomic E-state index is 5.87. The molecule has 0 aliphatic carbocycles. The largest absolute Gasteiger partial charge is 0.330 e. The summed E-state index contributed by atoms with van der Waals surface area (Å²) in [6, 6.07) is 8.30. The summed E-state index contributed by atoms with van der Waals surface area (Å²) in [5, 5.41) is 7.27. The van der Waals surface area contributed by atoms with Gasteiger partial charge in [0.15, 0.2) is 0 Å². The van der Waals surface area contributed by atoms with E-state index in [1.807, 2.05) is 24.2 Å². The molecule has 1 aromatic rings. The molecule has 1 atom stereocenters. The third kappa shape index (κ3) is 2.36. The highest BCUT2D eigenvalue weighted by molar-refractivity contribution is 6.30. The fraction of sp³-hybridized carbons (Fsp3) is 0.417. The van der Waals surface area contributed by atoms with E-state index in [2.05, 4.69) is 17.2 Å². The molecule has 0 fully saturated rings. The summed E-state index contributed by atoms with van der Waals surface area (Å²) in [7, 11) is 2.00. The second-order valence-corrected chi connectivity index (χ2v) is 4.49. The van der Waals surface area contributed by atoms with Crippen LogP contribution in [0.15, 0.2) is 29.4 Å². The SMILES string of the molecule is CN1N=C(CCN)CC1c1ccc(Cl)cc1. The summed E-state index contributed by atoms with van der Waals surface area (Å²) in [4.78, 5) is 0. The minimum atomic E-state index is 0.332. The molecule has 2 N–H and O–H groups in total. The lowest BCUT2D eigenvalue weighted by atomic mass is 10.0. The number of hydrazone groups is 1. The topological polar surface area (TPSA) is 41.6 Å². The molecular weight excluding hydrogens is 222 g/mol. The van der Waals surface area contributed by atoms with Gasteiger partial charge < -0.3 is 5.73 Å². The molecule has 0 saturated heterocycles. The average Bonchev–Trinajstić information content (AvgIpc) is 2.61. The monoisotopic (exact) mass is 237 g/mol. The molecule has 1 aliphatic rings. The van der Waals surface area contributed by atoms with Gasteiger partial charge in [0.1, 0.15) is 0 Å². The van der Waals surface area contributed by atoms with Crippen LogP contribution in [0.5, 0.6) is 0 Å².